The van der Waals surface area contributed by atoms with Gasteiger partial charge in [-0.3, -0.25) is 4.99 Å². The van der Waals surface area contributed by atoms with Gasteiger partial charge in [0.1, 0.15) is 5.60 Å². The van der Waals surface area contributed by atoms with E-state index in [0.717, 1.165) is 0 Å². The molecule has 0 spiro atoms. The highest BCUT2D eigenvalue weighted by atomic mass is 32.2. The Morgan fingerprint density at radius 3 is 2.30 bits per heavy atom. The van der Waals surface area contributed by atoms with Gasteiger partial charge < -0.3 is 20.7 Å². The zero-order valence-corrected chi connectivity index (χ0v) is 17.2. The van der Waals surface area contributed by atoms with Crippen LogP contribution in [0.3, 0.4) is 0 Å². The highest BCUT2D eigenvalue weighted by molar-refractivity contribution is 7.91. The highest BCUT2D eigenvalue weighted by Crippen LogP contribution is 2.09. The number of carbonyl (C=O) groups is 1. The van der Waals surface area contributed by atoms with Gasteiger partial charge in [-0.25, -0.2) is 13.2 Å². The summed E-state index contributed by atoms with van der Waals surface area (Å²) >= 11 is 0. The fourth-order valence-electron chi connectivity index (χ4n) is 2.02. The second-order valence-electron chi connectivity index (χ2n) is 6.75. The lowest BCUT2D eigenvalue weighted by Gasteiger charge is -2.19. The van der Waals surface area contributed by atoms with Crippen molar-refractivity contribution in [1.82, 2.24) is 16.0 Å². The van der Waals surface area contributed by atoms with Crippen molar-refractivity contribution in [2.45, 2.75) is 38.2 Å². The van der Waals surface area contributed by atoms with Crippen LogP contribution < -0.4 is 16.0 Å². The van der Waals surface area contributed by atoms with Gasteiger partial charge in [0.15, 0.2) is 15.8 Å². The van der Waals surface area contributed by atoms with Crippen molar-refractivity contribution in [2.75, 3.05) is 31.9 Å². The third-order valence-corrected chi connectivity index (χ3v) is 4.87. The van der Waals surface area contributed by atoms with E-state index in [1.165, 1.54) is 0 Å². The molecule has 3 N–H and O–H groups in total. The Kier molecular flexibility index (Phi) is 9.07. The monoisotopic (exact) mass is 398 g/mol. The Morgan fingerprint density at radius 2 is 1.70 bits per heavy atom. The summed E-state index contributed by atoms with van der Waals surface area (Å²) in [5, 5.41) is 8.71. The Morgan fingerprint density at radius 1 is 1.07 bits per heavy atom. The number of benzene rings is 1. The standard InChI is InChI=1S/C18H30N4O4S/c1-5-19-16(20-11-12-22-17(23)26-18(2,3)4)21-13-14-27(24,25)15-9-7-6-8-10-15/h6-10H,5,11-14H2,1-4H3,(H,22,23)(H2,19,20,21). The molecule has 0 aromatic heterocycles. The maximum Gasteiger partial charge on any atom is 0.407 e. The molecule has 0 saturated heterocycles. The number of nitrogens with zero attached hydrogens (tertiary/aromatic N) is 1. The third-order valence-electron chi connectivity index (χ3n) is 3.16. The molecule has 27 heavy (non-hydrogen) atoms. The largest absolute Gasteiger partial charge is 0.444 e. The van der Waals surface area contributed by atoms with E-state index in [2.05, 4.69) is 20.9 Å². The molecule has 0 saturated carbocycles. The smallest absolute Gasteiger partial charge is 0.407 e. The van der Waals surface area contributed by atoms with Gasteiger partial charge >= 0.3 is 6.09 Å². The molecular weight excluding hydrogens is 368 g/mol. The van der Waals surface area contributed by atoms with E-state index in [1.54, 1.807) is 51.1 Å². The van der Waals surface area contributed by atoms with Crippen molar-refractivity contribution in [3.8, 4) is 0 Å². The number of nitrogens with one attached hydrogen (secondary N) is 3. The molecule has 0 aliphatic carbocycles. The summed E-state index contributed by atoms with van der Waals surface area (Å²) in [5.74, 6) is 0.413. The van der Waals surface area contributed by atoms with Gasteiger partial charge in [0.05, 0.1) is 17.2 Å². The Balaban J connectivity index is 2.45. The van der Waals surface area contributed by atoms with E-state index >= 15 is 0 Å². The third kappa shape index (κ3) is 9.83. The molecule has 0 fully saturated rings. The topological polar surface area (TPSA) is 109 Å². The van der Waals surface area contributed by atoms with Crippen LogP contribution in [-0.2, 0) is 14.6 Å². The maximum atomic E-state index is 12.2. The second kappa shape index (κ2) is 10.8. The molecule has 0 atom stereocenters. The number of carbonyl (C=O) groups excluding carboxylic acids is 1. The summed E-state index contributed by atoms with van der Waals surface area (Å²) in [6.45, 7) is 8.84. The van der Waals surface area contributed by atoms with E-state index in [1.807, 2.05) is 6.92 Å². The molecule has 1 aromatic carbocycles. The number of hydrogen-bond donors (Lipinski definition) is 3. The Bertz CT molecular complexity index is 713. The zero-order chi connectivity index (χ0) is 20.3. The van der Waals surface area contributed by atoms with Crippen molar-refractivity contribution in [1.29, 1.82) is 0 Å². The SMILES string of the molecule is CCNC(=NCCS(=O)(=O)c1ccccc1)NCCNC(=O)OC(C)(C)C. The number of sulfone groups is 1. The lowest BCUT2D eigenvalue weighted by molar-refractivity contribution is 0.0529. The first kappa shape index (κ1) is 22.8. The van der Waals surface area contributed by atoms with Crippen molar-refractivity contribution in [2.24, 2.45) is 4.99 Å². The molecular formula is C18H30N4O4S. The number of hydrogen-bond acceptors (Lipinski definition) is 5. The van der Waals surface area contributed by atoms with E-state index < -0.39 is 21.5 Å². The summed E-state index contributed by atoms with van der Waals surface area (Å²) in [6, 6.07) is 8.31. The van der Waals surface area contributed by atoms with Crippen molar-refractivity contribution >= 4 is 21.9 Å². The first-order chi connectivity index (χ1) is 12.6. The van der Waals surface area contributed by atoms with Gasteiger partial charge in [0.25, 0.3) is 0 Å². The van der Waals surface area contributed by atoms with E-state index in [9.17, 15) is 13.2 Å². The predicted molar refractivity (Wildman–Crippen MR) is 107 cm³/mol. The molecule has 0 unspecified atom stereocenters. The molecule has 1 rings (SSSR count). The predicted octanol–water partition coefficient (Wildman–Crippen LogP) is 1.54. The summed E-state index contributed by atoms with van der Waals surface area (Å²) in [4.78, 5) is 16.1. The van der Waals surface area contributed by atoms with Crippen LogP contribution in [-0.4, -0.2) is 58.0 Å². The van der Waals surface area contributed by atoms with Crippen LogP contribution in [0.2, 0.25) is 0 Å². The van der Waals surface area contributed by atoms with Crippen LogP contribution in [0.1, 0.15) is 27.7 Å². The molecule has 9 heteroatoms. The minimum absolute atomic E-state index is 0.0796. The van der Waals surface area contributed by atoms with Gasteiger partial charge in [-0.1, -0.05) is 18.2 Å². The van der Waals surface area contributed by atoms with Gasteiger partial charge in [0.2, 0.25) is 0 Å². The minimum atomic E-state index is -3.36. The van der Waals surface area contributed by atoms with Crippen LogP contribution in [0.25, 0.3) is 0 Å². The first-order valence-corrected chi connectivity index (χ1v) is 10.6. The van der Waals surface area contributed by atoms with Crippen LogP contribution in [0.15, 0.2) is 40.2 Å². The molecule has 0 radical (unpaired) electrons. The molecule has 152 valence electrons. The van der Waals surface area contributed by atoms with E-state index in [0.29, 0.717) is 30.5 Å². The summed E-state index contributed by atoms with van der Waals surface area (Å²) < 4.78 is 29.6. The molecule has 0 bridgehead atoms. The Hall–Kier alpha value is -2.29. The number of ether oxygens (including phenoxy) is 1. The molecule has 1 aromatic rings. The zero-order valence-electron chi connectivity index (χ0n) is 16.4. The van der Waals surface area contributed by atoms with Gasteiger partial charge in [-0.15, -0.1) is 0 Å². The molecule has 1 amide bonds. The van der Waals surface area contributed by atoms with E-state index in [4.69, 9.17) is 4.74 Å². The number of amides is 1. The van der Waals surface area contributed by atoms with Gasteiger partial charge in [-0.2, -0.15) is 0 Å². The fraction of sp³-hybridized carbons (Fsp3) is 0.556. The van der Waals surface area contributed by atoms with Crippen LogP contribution >= 0.6 is 0 Å². The lowest BCUT2D eigenvalue weighted by atomic mass is 10.2. The number of rotatable bonds is 8. The molecule has 0 aliphatic rings. The first-order valence-electron chi connectivity index (χ1n) is 8.91. The average Bonchev–Trinajstić information content (AvgIpc) is 2.58. The minimum Gasteiger partial charge on any atom is -0.444 e. The second-order valence-corrected chi connectivity index (χ2v) is 8.86. The molecule has 8 nitrogen and oxygen atoms in total. The fourth-order valence-corrected chi connectivity index (χ4v) is 3.16. The van der Waals surface area contributed by atoms with Gasteiger partial charge in [0, 0.05) is 19.6 Å². The lowest BCUT2D eigenvalue weighted by Crippen LogP contribution is -2.42. The van der Waals surface area contributed by atoms with Crippen LogP contribution in [0, 0.1) is 0 Å². The van der Waals surface area contributed by atoms with Crippen molar-refractivity contribution < 1.29 is 17.9 Å². The van der Waals surface area contributed by atoms with Crippen LogP contribution in [0.4, 0.5) is 4.79 Å². The highest BCUT2D eigenvalue weighted by Gasteiger charge is 2.15. The number of alkyl carbamates (subject to hydrolysis) is 1. The number of guanidine groups is 1. The molecule has 0 aliphatic heterocycles. The maximum absolute atomic E-state index is 12.2. The van der Waals surface area contributed by atoms with Gasteiger partial charge in [-0.05, 0) is 39.8 Å². The normalized spacial score (nSPS) is 12.4. The van der Waals surface area contributed by atoms with Crippen molar-refractivity contribution in [3.05, 3.63) is 30.3 Å². The van der Waals surface area contributed by atoms with E-state index in [-0.39, 0.29) is 12.3 Å². The quantitative estimate of drug-likeness (QED) is 0.348. The van der Waals surface area contributed by atoms with Crippen LogP contribution in [0.5, 0.6) is 0 Å². The van der Waals surface area contributed by atoms with Crippen molar-refractivity contribution in [3.63, 3.8) is 0 Å². The Labute approximate surface area is 161 Å². The molecule has 0 heterocycles. The number of aliphatic imine (C=N–C) groups is 1. The summed E-state index contributed by atoms with van der Waals surface area (Å²) in [7, 11) is -3.36. The summed E-state index contributed by atoms with van der Waals surface area (Å²) in [6.07, 6.45) is -0.486. The average molecular weight is 399 g/mol. The summed E-state index contributed by atoms with van der Waals surface area (Å²) in [5.41, 5.74) is -0.544.